The molecular formula is C42H60N6O10S. The Hall–Kier alpha value is -3.74. The number of methoxy groups -OCH3 is 1. The molecule has 4 aliphatic rings. The van der Waals surface area contributed by atoms with Gasteiger partial charge in [-0.2, -0.15) is 0 Å². The lowest BCUT2D eigenvalue weighted by Gasteiger charge is -2.47. The van der Waals surface area contributed by atoms with E-state index in [2.05, 4.69) is 25.7 Å². The van der Waals surface area contributed by atoms with Crippen LogP contribution in [0.4, 0.5) is 0 Å². The number of carbonyl (C=O) groups excluding carboxylic acids is 3. The van der Waals surface area contributed by atoms with E-state index in [0.29, 0.717) is 41.4 Å². The van der Waals surface area contributed by atoms with Crippen molar-refractivity contribution in [2.24, 2.45) is 45.7 Å². The number of rotatable bonds is 10. The van der Waals surface area contributed by atoms with Gasteiger partial charge in [0.15, 0.2) is 39.6 Å². The number of cyclic esters (lactones) is 1. The van der Waals surface area contributed by atoms with E-state index in [4.69, 9.17) is 33.5 Å². The third-order valence-corrected chi connectivity index (χ3v) is 14.0. The van der Waals surface area contributed by atoms with Gasteiger partial charge in [-0.15, -0.1) is 10.2 Å². The summed E-state index contributed by atoms with van der Waals surface area (Å²) in [5.41, 5.74) is -1.09. The number of likely N-dealkylation sites (N-methyl/N-ethyl adjacent to an activating group) is 1. The number of fused-ring (bicyclic) bond motifs is 1. The first-order valence-electron chi connectivity index (χ1n) is 20.8. The predicted octanol–water partition coefficient (Wildman–Crippen LogP) is 5.10. The molecule has 59 heavy (non-hydrogen) atoms. The van der Waals surface area contributed by atoms with Crippen molar-refractivity contribution in [3.63, 3.8) is 0 Å². The van der Waals surface area contributed by atoms with Crippen molar-refractivity contribution in [3.05, 3.63) is 29.4 Å². The summed E-state index contributed by atoms with van der Waals surface area (Å²) in [6.45, 7) is 16.5. The van der Waals surface area contributed by atoms with E-state index in [1.54, 1.807) is 41.1 Å². The van der Waals surface area contributed by atoms with Crippen LogP contribution in [0.3, 0.4) is 0 Å². The number of carbonyl (C=O) groups is 3. The number of hydrogen-bond donors (Lipinski definition) is 2. The molecule has 0 amide bonds. The minimum atomic E-state index is -1.30. The zero-order valence-electron chi connectivity index (χ0n) is 35.9. The topological polar surface area (TPSA) is 202 Å². The third-order valence-electron chi connectivity index (χ3n) is 12.9. The number of aromatic nitrogens is 3. The zero-order valence-corrected chi connectivity index (χ0v) is 36.7. The molecule has 2 aromatic heterocycles. The Balaban J connectivity index is 1.44. The van der Waals surface area contributed by atoms with Crippen LogP contribution in [0.15, 0.2) is 34.5 Å². The van der Waals surface area contributed by atoms with E-state index in [9.17, 15) is 19.5 Å². The minimum absolute atomic E-state index is 0.138. The van der Waals surface area contributed by atoms with Crippen molar-refractivity contribution in [2.45, 2.75) is 142 Å². The van der Waals surface area contributed by atoms with Crippen LogP contribution in [0.25, 0.3) is 10.7 Å². The van der Waals surface area contributed by atoms with Crippen LogP contribution in [-0.4, -0.2) is 112 Å². The lowest BCUT2D eigenvalue weighted by Crippen LogP contribution is -2.59. The molecule has 0 aromatic carbocycles. The molecule has 4 aliphatic heterocycles. The standard InChI is InChI=1S/C42H60N6O10S/c1-12-25-30-29-35(48-58-24(7)36-46-47-37(59-36)26-16-14-15-17-44-26)45-31(25)20(3)19-41(8,53-11)34(56-40-33(50)27(43-10)18-21(4)54-40)22(5)32(49)23(6)38(51)55-28(13-2)42(30,9)57-39(29)52/h14-17,20-25,27-30,33-34,40,43,50H,12-13,18-19H2,1-11H3/b48-35+/t20-,21-,22+,23-,24+,25-,27+,28+,29-,30+,33-,34-,40+,41-,42-/m1/s1. The van der Waals surface area contributed by atoms with Gasteiger partial charge in [-0.1, -0.05) is 50.3 Å². The van der Waals surface area contributed by atoms with Gasteiger partial charge in [0.05, 0.1) is 17.8 Å². The first-order valence-corrected chi connectivity index (χ1v) is 21.6. The summed E-state index contributed by atoms with van der Waals surface area (Å²) in [7, 11) is 3.32. The van der Waals surface area contributed by atoms with Crippen molar-refractivity contribution < 1.29 is 48.0 Å². The van der Waals surface area contributed by atoms with Gasteiger partial charge in [0.1, 0.15) is 29.7 Å². The molecule has 15 atom stereocenters. The van der Waals surface area contributed by atoms with Crippen LogP contribution in [-0.2, 0) is 42.9 Å². The van der Waals surface area contributed by atoms with Crippen molar-refractivity contribution in [1.82, 2.24) is 20.5 Å². The van der Waals surface area contributed by atoms with Gasteiger partial charge >= 0.3 is 11.9 Å². The summed E-state index contributed by atoms with van der Waals surface area (Å²) in [6.07, 6.45) is -1.55. The normalized spacial score (nSPS) is 39.2. The molecule has 2 N–H and O–H groups in total. The highest BCUT2D eigenvalue weighted by Crippen LogP contribution is 2.51. The number of ketones is 1. The number of nitrogens with one attached hydrogen (secondary N) is 1. The van der Waals surface area contributed by atoms with Crippen LogP contribution in [0.2, 0.25) is 0 Å². The average Bonchev–Trinajstić information content (AvgIpc) is 3.83. The van der Waals surface area contributed by atoms with E-state index in [0.717, 1.165) is 5.71 Å². The minimum Gasteiger partial charge on any atom is -0.458 e. The van der Waals surface area contributed by atoms with Gasteiger partial charge in [0, 0.05) is 42.8 Å². The molecular weight excluding hydrogens is 781 g/mol. The van der Waals surface area contributed by atoms with Crippen molar-refractivity contribution in [1.29, 1.82) is 0 Å². The number of esters is 2. The maximum absolute atomic E-state index is 14.4. The fraction of sp³-hybridized carbons (Fsp3) is 0.714. The Labute approximate surface area is 350 Å². The lowest BCUT2D eigenvalue weighted by molar-refractivity contribution is -0.290. The number of Topliss-reactive ketones (excluding diaryl/α,β-unsaturated/α-hetero) is 1. The number of amidine groups is 1. The number of oxime groups is 1. The molecule has 16 nitrogen and oxygen atoms in total. The van der Waals surface area contributed by atoms with Crippen LogP contribution in [0, 0.1) is 35.5 Å². The van der Waals surface area contributed by atoms with Gasteiger partial charge in [-0.05, 0) is 85.4 Å². The lowest BCUT2D eigenvalue weighted by atomic mass is 9.64. The highest BCUT2D eigenvalue weighted by molar-refractivity contribution is 7.14. The molecule has 0 saturated carbocycles. The summed E-state index contributed by atoms with van der Waals surface area (Å²) in [5, 5.41) is 28.9. The summed E-state index contributed by atoms with van der Waals surface area (Å²) in [6, 6.07) is 5.23. The van der Waals surface area contributed by atoms with E-state index < -0.39 is 83.3 Å². The van der Waals surface area contributed by atoms with E-state index in [1.165, 1.54) is 18.3 Å². The number of hydrogen-bond acceptors (Lipinski definition) is 16. The van der Waals surface area contributed by atoms with E-state index in [-0.39, 0.29) is 29.8 Å². The number of nitrogens with zero attached hydrogens (tertiary/aromatic N) is 5. The largest absolute Gasteiger partial charge is 0.458 e. The van der Waals surface area contributed by atoms with Gasteiger partial charge in [-0.3, -0.25) is 19.4 Å². The molecule has 6 heterocycles. The van der Waals surface area contributed by atoms with Gasteiger partial charge in [0.2, 0.25) is 0 Å². The third kappa shape index (κ3) is 8.60. The van der Waals surface area contributed by atoms with Crippen LogP contribution in [0.1, 0.15) is 99.1 Å². The molecule has 2 aromatic rings. The van der Waals surface area contributed by atoms with Crippen LogP contribution in [0.5, 0.6) is 0 Å². The summed E-state index contributed by atoms with van der Waals surface area (Å²) >= 11 is 1.32. The number of aliphatic imine (C=N–C) groups is 1. The van der Waals surface area contributed by atoms with Gasteiger partial charge in [-0.25, -0.2) is 4.99 Å². The second kappa shape index (κ2) is 18.1. The van der Waals surface area contributed by atoms with E-state index in [1.807, 2.05) is 52.8 Å². The second-order valence-corrected chi connectivity index (χ2v) is 17.9. The molecule has 0 aliphatic carbocycles. The van der Waals surface area contributed by atoms with Crippen LogP contribution >= 0.6 is 11.3 Å². The molecule has 6 rings (SSSR count). The van der Waals surface area contributed by atoms with Gasteiger partial charge < -0.3 is 38.9 Å². The molecule has 324 valence electrons. The van der Waals surface area contributed by atoms with Crippen molar-refractivity contribution >= 4 is 40.6 Å². The fourth-order valence-electron chi connectivity index (χ4n) is 9.58. The summed E-state index contributed by atoms with van der Waals surface area (Å²) in [5.74, 6) is -5.88. The first kappa shape index (κ1) is 44.8. The Bertz CT molecular complexity index is 1900. The van der Waals surface area contributed by atoms with Crippen molar-refractivity contribution in [3.8, 4) is 10.7 Å². The number of aliphatic hydroxyl groups excluding tert-OH is 1. The molecule has 2 bridgehead atoms. The summed E-state index contributed by atoms with van der Waals surface area (Å²) in [4.78, 5) is 58.1. The monoisotopic (exact) mass is 840 g/mol. The quantitative estimate of drug-likeness (QED) is 0.182. The Morgan fingerprint density at radius 2 is 1.83 bits per heavy atom. The molecule has 0 spiro atoms. The molecule has 17 heteroatoms. The average molecular weight is 841 g/mol. The highest BCUT2D eigenvalue weighted by Gasteiger charge is 2.64. The van der Waals surface area contributed by atoms with Crippen molar-refractivity contribution in [2.75, 3.05) is 14.2 Å². The fourth-order valence-corrected chi connectivity index (χ4v) is 10.4. The van der Waals surface area contributed by atoms with Crippen LogP contribution < -0.4 is 5.32 Å². The molecule has 0 unspecified atom stereocenters. The Kier molecular flexibility index (Phi) is 13.7. The molecule has 0 radical (unpaired) electrons. The van der Waals surface area contributed by atoms with E-state index >= 15 is 0 Å². The van der Waals surface area contributed by atoms with Gasteiger partial charge in [0.25, 0.3) is 0 Å². The SMILES string of the molecule is CC[C@@H]1OC(=O)[C@H](C)C(=O)[C@H](C)[C@@H](O[C@@H]2O[C@H](C)C[C@H](NC)[C@H]2O)[C@](C)(OC)C[C@@H](C)C2=N/C(=N/O[C@@H](C)c3nnc(-c4ccccn4)s3)[C@@H]3C(=O)O[C@@]1(C)[C@H]3[C@H]2CC. The number of ether oxygens (including phenoxy) is 5. The first-order chi connectivity index (χ1) is 28.0. The smallest absolute Gasteiger partial charge is 0.317 e. The number of aliphatic hydroxyl groups is 1. The zero-order chi connectivity index (χ0) is 43.0. The summed E-state index contributed by atoms with van der Waals surface area (Å²) < 4.78 is 31.7. The maximum Gasteiger partial charge on any atom is 0.317 e. The Morgan fingerprint density at radius 1 is 1.08 bits per heavy atom. The molecule has 3 saturated heterocycles. The number of pyridine rings is 1. The maximum atomic E-state index is 14.4. The second-order valence-electron chi connectivity index (χ2n) is 16.9. The predicted molar refractivity (Wildman–Crippen MR) is 218 cm³/mol. The Morgan fingerprint density at radius 3 is 2.47 bits per heavy atom. The highest BCUT2D eigenvalue weighted by atomic mass is 32.1. The molecule has 3 fully saturated rings.